The monoisotopic (exact) mass is 390 g/mol. The average molecular weight is 390 g/mol. The first-order chi connectivity index (χ1) is 13.1. The third-order valence-electron chi connectivity index (χ3n) is 5.81. The molecule has 1 aromatic rings. The van der Waals surface area contributed by atoms with Crippen molar-refractivity contribution < 1.29 is 24.5 Å². The molecule has 3 N–H and O–H groups in total. The number of aromatic hydroxyl groups is 1. The zero-order valence-corrected chi connectivity index (χ0v) is 16.8. The molecule has 0 aliphatic carbocycles. The lowest BCUT2D eigenvalue weighted by Crippen LogP contribution is -2.67. The fraction of sp³-hybridized carbons (Fsp3) is 0.619. The Hall–Kier alpha value is -2.28. The van der Waals surface area contributed by atoms with Crippen LogP contribution < -0.4 is 5.32 Å². The van der Waals surface area contributed by atoms with E-state index in [9.17, 15) is 19.8 Å². The summed E-state index contributed by atoms with van der Waals surface area (Å²) >= 11 is 0. The number of aliphatic carboxylic acids is 1. The van der Waals surface area contributed by atoms with Crippen LogP contribution in [0.1, 0.15) is 39.2 Å². The van der Waals surface area contributed by atoms with Crippen molar-refractivity contribution in [3.8, 4) is 5.75 Å². The second-order valence-electron chi connectivity index (χ2n) is 8.99. The molecule has 7 heteroatoms. The van der Waals surface area contributed by atoms with Gasteiger partial charge in [-0.25, -0.2) is 9.59 Å². The number of phenolic OH excluding ortho intramolecular Hbond substituents is 1. The van der Waals surface area contributed by atoms with Crippen LogP contribution in [0.5, 0.6) is 5.75 Å². The highest BCUT2D eigenvalue weighted by molar-refractivity contribution is 5.85. The van der Waals surface area contributed by atoms with Crippen molar-refractivity contribution in [2.75, 3.05) is 19.6 Å². The van der Waals surface area contributed by atoms with Crippen LogP contribution in [0.4, 0.5) is 4.79 Å². The highest BCUT2D eigenvalue weighted by Gasteiger charge is 2.53. The first-order valence-corrected chi connectivity index (χ1v) is 9.84. The number of hydrogen-bond acceptors (Lipinski definition) is 5. The molecule has 3 aliphatic heterocycles. The number of carbonyl (C=O) groups is 2. The maximum absolute atomic E-state index is 12.6. The first-order valence-electron chi connectivity index (χ1n) is 9.84. The summed E-state index contributed by atoms with van der Waals surface area (Å²) in [6.45, 7) is 7.85. The maximum atomic E-state index is 12.6. The number of nitrogens with zero attached hydrogens (tertiary/aromatic N) is 1. The summed E-state index contributed by atoms with van der Waals surface area (Å²) in [5.41, 5.74) is -1.45. The van der Waals surface area contributed by atoms with Gasteiger partial charge in [-0.1, -0.05) is 12.1 Å². The van der Waals surface area contributed by atoms with E-state index in [1.54, 1.807) is 32.9 Å². The molecule has 154 valence electrons. The summed E-state index contributed by atoms with van der Waals surface area (Å²) in [6, 6.07) is 6.47. The molecule has 4 rings (SSSR count). The number of carboxylic acid groups (broad SMARTS) is 1. The molecule has 0 aromatic heterocycles. The SMILES string of the molecule is CC(C)(C)OC(=O)N[C@](Cc1ccc(O)cc1)(C(=O)O)[C@H]1CN2CCC1CC2. The van der Waals surface area contributed by atoms with Crippen molar-refractivity contribution >= 4 is 12.1 Å². The van der Waals surface area contributed by atoms with Crippen molar-refractivity contribution in [1.82, 2.24) is 10.2 Å². The molecule has 0 saturated carbocycles. The smallest absolute Gasteiger partial charge is 0.408 e. The Labute approximate surface area is 165 Å². The van der Waals surface area contributed by atoms with Gasteiger partial charge in [-0.05, 0) is 70.3 Å². The van der Waals surface area contributed by atoms with Crippen LogP contribution in [0.2, 0.25) is 0 Å². The molecule has 0 radical (unpaired) electrons. The molecular weight excluding hydrogens is 360 g/mol. The summed E-state index contributed by atoms with van der Waals surface area (Å²) < 4.78 is 5.40. The van der Waals surface area contributed by atoms with Crippen molar-refractivity contribution in [3.63, 3.8) is 0 Å². The molecule has 3 fully saturated rings. The number of benzene rings is 1. The molecule has 3 saturated heterocycles. The molecule has 3 heterocycles. The van der Waals surface area contributed by atoms with Crippen LogP contribution in [0.25, 0.3) is 0 Å². The molecule has 7 nitrogen and oxygen atoms in total. The number of phenols is 1. The van der Waals surface area contributed by atoms with Crippen molar-refractivity contribution in [1.29, 1.82) is 0 Å². The minimum atomic E-state index is -1.47. The van der Waals surface area contributed by atoms with E-state index in [-0.39, 0.29) is 24.0 Å². The van der Waals surface area contributed by atoms with E-state index in [1.807, 2.05) is 0 Å². The lowest BCUT2D eigenvalue weighted by Gasteiger charge is -2.51. The zero-order chi connectivity index (χ0) is 20.5. The Morgan fingerprint density at radius 2 is 1.79 bits per heavy atom. The number of piperidine rings is 3. The third kappa shape index (κ3) is 4.41. The average Bonchev–Trinajstić information content (AvgIpc) is 2.62. The van der Waals surface area contributed by atoms with Crippen molar-refractivity contribution in [3.05, 3.63) is 29.8 Å². The maximum Gasteiger partial charge on any atom is 0.408 e. The molecule has 1 aromatic carbocycles. The molecule has 1 amide bonds. The van der Waals surface area contributed by atoms with Crippen LogP contribution in [0.15, 0.2) is 24.3 Å². The summed E-state index contributed by atoms with van der Waals surface area (Å²) in [5, 5.41) is 22.6. The van der Waals surface area contributed by atoms with E-state index < -0.39 is 23.2 Å². The second-order valence-corrected chi connectivity index (χ2v) is 8.99. The van der Waals surface area contributed by atoms with Crippen molar-refractivity contribution in [2.45, 2.75) is 51.2 Å². The summed E-state index contributed by atoms with van der Waals surface area (Å²) in [5.74, 6) is -0.903. The Bertz CT molecular complexity index is 719. The Kier molecular flexibility index (Phi) is 5.57. The van der Waals surface area contributed by atoms with Gasteiger partial charge < -0.3 is 25.2 Å². The Morgan fingerprint density at radius 1 is 1.18 bits per heavy atom. The molecule has 28 heavy (non-hydrogen) atoms. The lowest BCUT2D eigenvalue weighted by molar-refractivity contribution is -0.151. The van der Waals surface area contributed by atoms with Gasteiger partial charge in [0.2, 0.25) is 0 Å². The van der Waals surface area contributed by atoms with Crippen molar-refractivity contribution in [2.24, 2.45) is 11.8 Å². The van der Waals surface area contributed by atoms with E-state index >= 15 is 0 Å². The van der Waals surface area contributed by atoms with Gasteiger partial charge in [0.15, 0.2) is 0 Å². The number of rotatable bonds is 5. The highest BCUT2D eigenvalue weighted by Crippen LogP contribution is 2.40. The minimum absolute atomic E-state index is 0.118. The molecule has 0 spiro atoms. The number of carboxylic acids is 1. The van der Waals surface area contributed by atoms with E-state index in [0.717, 1.165) is 31.5 Å². The highest BCUT2D eigenvalue weighted by atomic mass is 16.6. The lowest BCUT2D eigenvalue weighted by atomic mass is 9.66. The predicted octanol–water partition coefficient (Wildman–Crippen LogP) is 2.62. The first kappa shape index (κ1) is 20.5. The van der Waals surface area contributed by atoms with Gasteiger partial charge >= 0.3 is 12.1 Å². The van der Waals surface area contributed by atoms with Gasteiger partial charge in [-0.15, -0.1) is 0 Å². The van der Waals surface area contributed by atoms with Gasteiger partial charge in [-0.3, -0.25) is 0 Å². The van der Waals surface area contributed by atoms with Crippen LogP contribution in [0.3, 0.4) is 0 Å². The Balaban J connectivity index is 1.95. The van der Waals surface area contributed by atoms with E-state index in [4.69, 9.17) is 4.74 Å². The number of amides is 1. The number of ether oxygens (including phenoxy) is 1. The normalized spacial score (nSPS) is 26.3. The van der Waals surface area contributed by atoms with Crippen LogP contribution in [-0.2, 0) is 16.0 Å². The molecule has 3 aliphatic rings. The molecule has 2 bridgehead atoms. The van der Waals surface area contributed by atoms with Crippen LogP contribution in [-0.4, -0.2) is 57.9 Å². The minimum Gasteiger partial charge on any atom is -0.508 e. The zero-order valence-electron chi connectivity index (χ0n) is 16.8. The third-order valence-corrected chi connectivity index (χ3v) is 5.81. The number of fused-ring (bicyclic) bond motifs is 3. The van der Waals surface area contributed by atoms with E-state index in [1.165, 1.54) is 12.1 Å². The fourth-order valence-electron chi connectivity index (χ4n) is 4.50. The van der Waals surface area contributed by atoms with Crippen LogP contribution >= 0.6 is 0 Å². The van der Waals surface area contributed by atoms with Gasteiger partial charge in [0.25, 0.3) is 0 Å². The summed E-state index contributed by atoms with van der Waals surface area (Å²) in [7, 11) is 0. The Morgan fingerprint density at radius 3 is 2.25 bits per heavy atom. The largest absolute Gasteiger partial charge is 0.508 e. The van der Waals surface area contributed by atoms with E-state index in [2.05, 4.69) is 10.2 Å². The fourth-order valence-corrected chi connectivity index (χ4v) is 4.50. The molecule has 2 atom stereocenters. The summed E-state index contributed by atoms with van der Waals surface area (Å²) in [6.07, 6.45) is 1.29. The second kappa shape index (κ2) is 7.62. The van der Waals surface area contributed by atoms with Gasteiger partial charge in [0.1, 0.15) is 16.9 Å². The number of carbonyl (C=O) groups excluding carboxylic acids is 1. The van der Waals surface area contributed by atoms with Gasteiger partial charge in [0, 0.05) is 18.9 Å². The molecular formula is C21H30N2O5. The standard InChI is InChI=1S/C21H30N2O5/c1-20(2,3)28-19(27)22-21(18(25)26,12-14-4-6-16(24)7-5-14)17-13-23-10-8-15(17)9-11-23/h4-7,15,17,24H,8-13H2,1-3H3,(H,22,27)(H,25,26)/t17-,21-/m0/s1. The predicted molar refractivity (Wildman–Crippen MR) is 104 cm³/mol. The number of hydrogen-bond donors (Lipinski definition) is 3. The number of nitrogens with one attached hydrogen (secondary N) is 1. The van der Waals surface area contributed by atoms with E-state index in [0.29, 0.717) is 6.54 Å². The topological polar surface area (TPSA) is 99.1 Å². The molecule has 0 unspecified atom stereocenters. The van der Waals surface area contributed by atoms with Crippen LogP contribution in [0, 0.1) is 11.8 Å². The quantitative estimate of drug-likeness (QED) is 0.715. The summed E-state index contributed by atoms with van der Waals surface area (Å²) in [4.78, 5) is 27.5. The van der Waals surface area contributed by atoms with Gasteiger partial charge in [0.05, 0.1) is 0 Å². The number of alkyl carbamates (subject to hydrolysis) is 1. The van der Waals surface area contributed by atoms with Gasteiger partial charge in [-0.2, -0.15) is 0 Å².